The molecule has 1 fully saturated rings. The summed E-state index contributed by atoms with van der Waals surface area (Å²) in [4.78, 5) is 2.45. The topological polar surface area (TPSA) is 41.3 Å². The van der Waals surface area contributed by atoms with Crippen LogP contribution in [0, 0.1) is 5.92 Å². The molecular weight excluding hydrogens is 190 g/mol. The van der Waals surface area contributed by atoms with E-state index in [4.69, 9.17) is 4.52 Å². The minimum atomic E-state index is 0.784. The van der Waals surface area contributed by atoms with Crippen molar-refractivity contribution < 1.29 is 4.52 Å². The summed E-state index contributed by atoms with van der Waals surface area (Å²) in [5.74, 6) is 1.76. The van der Waals surface area contributed by atoms with Crippen molar-refractivity contribution in [2.45, 2.75) is 19.4 Å². The van der Waals surface area contributed by atoms with Gasteiger partial charge < -0.3 is 9.84 Å². The van der Waals surface area contributed by atoms with Crippen LogP contribution >= 0.6 is 0 Å². The molecule has 1 aliphatic rings. The number of piperidine rings is 1. The van der Waals surface area contributed by atoms with Crippen molar-refractivity contribution in [1.29, 1.82) is 0 Å². The molecule has 0 spiro atoms. The van der Waals surface area contributed by atoms with E-state index in [2.05, 4.69) is 15.4 Å². The first-order chi connectivity index (χ1) is 7.38. The number of nitrogens with one attached hydrogen (secondary N) is 1. The van der Waals surface area contributed by atoms with Crippen LogP contribution in [0.5, 0.6) is 0 Å². The Kier molecular flexibility index (Phi) is 3.75. The molecule has 1 aromatic rings. The first-order valence-electron chi connectivity index (χ1n) is 5.65. The van der Waals surface area contributed by atoms with Crippen LogP contribution in [0.2, 0.25) is 0 Å². The Morgan fingerprint density at radius 1 is 1.67 bits per heavy atom. The van der Waals surface area contributed by atoms with Gasteiger partial charge in [-0.1, -0.05) is 5.16 Å². The predicted octanol–water partition coefficient (Wildman–Crippen LogP) is 1.11. The van der Waals surface area contributed by atoms with Gasteiger partial charge in [0.25, 0.3) is 0 Å². The fourth-order valence-electron chi connectivity index (χ4n) is 2.29. The third kappa shape index (κ3) is 3.04. The zero-order chi connectivity index (χ0) is 10.5. The third-order valence-corrected chi connectivity index (χ3v) is 2.97. The molecule has 1 aliphatic heterocycles. The summed E-state index contributed by atoms with van der Waals surface area (Å²) in [6, 6.07) is 1.95. The van der Waals surface area contributed by atoms with Crippen molar-refractivity contribution in [3.63, 3.8) is 0 Å². The van der Waals surface area contributed by atoms with Crippen LogP contribution in [0.3, 0.4) is 0 Å². The van der Waals surface area contributed by atoms with Crippen molar-refractivity contribution in [1.82, 2.24) is 15.4 Å². The lowest BCUT2D eigenvalue weighted by molar-refractivity contribution is 0.152. The third-order valence-electron chi connectivity index (χ3n) is 2.97. The second-order valence-electron chi connectivity index (χ2n) is 4.28. The predicted molar refractivity (Wildman–Crippen MR) is 58.4 cm³/mol. The first-order valence-corrected chi connectivity index (χ1v) is 5.65. The number of nitrogens with zero attached hydrogens (tertiary/aromatic N) is 2. The molecule has 4 nitrogen and oxygen atoms in total. The summed E-state index contributed by atoms with van der Waals surface area (Å²) in [6.45, 7) is 4.37. The highest BCUT2D eigenvalue weighted by molar-refractivity contribution is 4.93. The van der Waals surface area contributed by atoms with Crippen LogP contribution in [0.15, 0.2) is 16.8 Å². The second kappa shape index (κ2) is 5.28. The van der Waals surface area contributed by atoms with Crippen LogP contribution in [0.1, 0.15) is 18.6 Å². The molecule has 1 N–H and O–H groups in total. The van der Waals surface area contributed by atoms with Crippen molar-refractivity contribution in [3.8, 4) is 0 Å². The number of likely N-dealkylation sites (tertiary alicyclic amines) is 1. The Morgan fingerprint density at radius 3 is 3.33 bits per heavy atom. The van der Waals surface area contributed by atoms with Crippen LogP contribution in [0.25, 0.3) is 0 Å². The normalized spacial score (nSPS) is 23.1. The van der Waals surface area contributed by atoms with Gasteiger partial charge in [-0.05, 0) is 38.9 Å². The molecule has 4 heteroatoms. The molecule has 2 rings (SSSR count). The fraction of sp³-hybridized carbons (Fsp3) is 0.727. The zero-order valence-electron chi connectivity index (χ0n) is 9.28. The molecule has 2 heterocycles. The van der Waals surface area contributed by atoms with Gasteiger partial charge in [0.15, 0.2) is 5.76 Å². The molecule has 0 amide bonds. The van der Waals surface area contributed by atoms with Crippen molar-refractivity contribution in [2.75, 3.05) is 26.7 Å². The van der Waals surface area contributed by atoms with Crippen molar-refractivity contribution in [2.24, 2.45) is 5.92 Å². The van der Waals surface area contributed by atoms with Gasteiger partial charge in [-0.2, -0.15) is 0 Å². The maximum atomic E-state index is 5.12. The Labute approximate surface area is 90.6 Å². The van der Waals surface area contributed by atoms with E-state index in [1.807, 2.05) is 13.1 Å². The van der Waals surface area contributed by atoms with Gasteiger partial charge >= 0.3 is 0 Å². The lowest BCUT2D eigenvalue weighted by Gasteiger charge is -2.31. The average molecular weight is 209 g/mol. The van der Waals surface area contributed by atoms with Gasteiger partial charge in [-0.3, -0.25) is 4.90 Å². The van der Waals surface area contributed by atoms with Gasteiger partial charge in [0.2, 0.25) is 0 Å². The highest BCUT2D eigenvalue weighted by atomic mass is 16.5. The smallest absolute Gasteiger partial charge is 0.150 e. The Bertz CT molecular complexity index is 271. The van der Waals surface area contributed by atoms with E-state index in [1.54, 1.807) is 6.20 Å². The summed E-state index contributed by atoms with van der Waals surface area (Å²) in [5.41, 5.74) is 0. The van der Waals surface area contributed by atoms with Gasteiger partial charge in [0.1, 0.15) is 0 Å². The maximum absolute atomic E-state index is 5.12. The van der Waals surface area contributed by atoms with Crippen LogP contribution in [-0.4, -0.2) is 36.7 Å². The first kappa shape index (κ1) is 10.6. The van der Waals surface area contributed by atoms with Crippen LogP contribution < -0.4 is 5.32 Å². The fourth-order valence-corrected chi connectivity index (χ4v) is 2.29. The Morgan fingerprint density at radius 2 is 2.60 bits per heavy atom. The highest BCUT2D eigenvalue weighted by Gasteiger charge is 2.19. The Balaban J connectivity index is 1.82. The Hall–Kier alpha value is -0.870. The van der Waals surface area contributed by atoms with E-state index < -0.39 is 0 Å². The number of hydrogen-bond donors (Lipinski definition) is 1. The minimum Gasteiger partial charge on any atom is -0.360 e. The minimum absolute atomic E-state index is 0.784. The lowest BCUT2D eigenvalue weighted by Crippen LogP contribution is -2.38. The summed E-state index contributed by atoms with van der Waals surface area (Å²) in [7, 11) is 2.02. The van der Waals surface area contributed by atoms with E-state index in [1.165, 1.54) is 25.9 Å². The molecule has 0 aromatic carbocycles. The quantitative estimate of drug-likeness (QED) is 0.806. The summed E-state index contributed by atoms with van der Waals surface area (Å²) < 4.78 is 5.12. The van der Waals surface area contributed by atoms with E-state index in [9.17, 15) is 0 Å². The molecule has 0 saturated carbocycles. The van der Waals surface area contributed by atoms with Crippen molar-refractivity contribution in [3.05, 3.63) is 18.0 Å². The SMILES string of the molecule is CNCC1CCCN(Cc2ccno2)C1. The molecule has 15 heavy (non-hydrogen) atoms. The monoisotopic (exact) mass is 209 g/mol. The van der Waals surface area contributed by atoms with Gasteiger partial charge in [-0.25, -0.2) is 0 Å². The largest absolute Gasteiger partial charge is 0.360 e. The second-order valence-corrected chi connectivity index (χ2v) is 4.28. The molecule has 0 bridgehead atoms. The summed E-state index contributed by atoms with van der Waals surface area (Å²) in [6.07, 6.45) is 4.35. The molecule has 0 radical (unpaired) electrons. The molecule has 1 unspecified atom stereocenters. The molecular formula is C11H19N3O. The highest BCUT2D eigenvalue weighted by Crippen LogP contribution is 2.17. The maximum Gasteiger partial charge on any atom is 0.150 e. The van der Waals surface area contributed by atoms with Crippen molar-refractivity contribution >= 4 is 0 Å². The van der Waals surface area contributed by atoms with E-state index >= 15 is 0 Å². The number of rotatable bonds is 4. The van der Waals surface area contributed by atoms with Gasteiger partial charge in [0.05, 0.1) is 12.7 Å². The van der Waals surface area contributed by atoms with E-state index in [0.717, 1.165) is 24.8 Å². The standard InChI is InChI=1S/C11H19N3O/c1-12-7-10-3-2-6-14(8-10)9-11-4-5-13-15-11/h4-5,10,12H,2-3,6-9H2,1H3. The number of aromatic nitrogens is 1. The lowest BCUT2D eigenvalue weighted by atomic mass is 9.98. The zero-order valence-corrected chi connectivity index (χ0v) is 9.28. The summed E-state index contributed by atoms with van der Waals surface area (Å²) >= 11 is 0. The van der Waals surface area contributed by atoms with E-state index in [0.29, 0.717) is 0 Å². The van der Waals surface area contributed by atoms with Crippen LogP contribution in [0.4, 0.5) is 0 Å². The average Bonchev–Trinajstić information content (AvgIpc) is 2.71. The van der Waals surface area contributed by atoms with Crippen LogP contribution in [-0.2, 0) is 6.54 Å². The molecule has 1 atom stereocenters. The molecule has 0 aliphatic carbocycles. The molecule has 1 aromatic heterocycles. The van der Waals surface area contributed by atoms with Gasteiger partial charge in [0, 0.05) is 12.6 Å². The van der Waals surface area contributed by atoms with Gasteiger partial charge in [-0.15, -0.1) is 0 Å². The van der Waals surface area contributed by atoms with E-state index in [-0.39, 0.29) is 0 Å². The summed E-state index contributed by atoms with van der Waals surface area (Å²) in [5, 5.41) is 6.98. The molecule has 1 saturated heterocycles. The molecule has 84 valence electrons. The number of hydrogen-bond acceptors (Lipinski definition) is 4.